The number of aromatic nitrogens is 1. The summed E-state index contributed by atoms with van der Waals surface area (Å²) in [6, 6.07) is 16.3. The van der Waals surface area contributed by atoms with Gasteiger partial charge in [0.1, 0.15) is 5.82 Å². The van der Waals surface area contributed by atoms with Gasteiger partial charge in [0.05, 0.1) is 5.52 Å². The van der Waals surface area contributed by atoms with Crippen molar-refractivity contribution in [2.24, 2.45) is 0 Å². The molecule has 0 amide bonds. The second-order valence-electron chi connectivity index (χ2n) is 5.89. The third-order valence-corrected chi connectivity index (χ3v) is 4.06. The average Bonchev–Trinajstić information content (AvgIpc) is 2.49. The molecule has 2 nitrogen and oxygen atoms in total. The Hall–Kier alpha value is -2.06. The van der Waals surface area contributed by atoms with Gasteiger partial charge in [0, 0.05) is 16.1 Å². The Labute approximate surface area is 136 Å². The number of pyridine rings is 1. The normalized spacial score (nSPS) is 11.1. The van der Waals surface area contributed by atoms with Gasteiger partial charge in [0.15, 0.2) is 0 Å². The molecular weight excluding hydrogens is 292 g/mol. The molecule has 1 heterocycles. The van der Waals surface area contributed by atoms with Gasteiger partial charge in [-0.05, 0) is 60.4 Å². The van der Waals surface area contributed by atoms with Crippen LogP contribution < -0.4 is 5.32 Å². The van der Waals surface area contributed by atoms with Crippen LogP contribution in [0.4, 0.5) is 11.5 Å². The highest BCUT2D eigenvalue weighted by molar-refractivity contribution is 6.30. The van der Waals surface area contributed by atoms with E-state index < -0.39 is 0 Å². The summed E-state index contributed by atoms with van der Waals surface area (Å²) in [5, 5.41) is 5.27. The molecule has 0 aliphatic carbocycles. The molecule has 0 aliphatic rings. The van der Waals surface area contributed by atoms with E-state index in [1.54, 1.807) is 0 Å². The van der Waals surface area contributed by atoms with Gasteiger partial charge in [-0.25, -0.2) is 4.98 Å². The van der Waals surface area contributed by atoms with Crippen LogP contribution in [0.3, 0.4) is 0 Å². The zero-order chi connectivity index (χ0) is 15.7. The lowest BCUT2D eigenvalue weighted by Crippen LogP contribution is -1.97. The summed E-state index contributed by atoms with van der Waals surface area (Å²) in [5.74, 6) is 1.39. The lowest BCUT2D eigenvalue weighted by atomic mass is 10.0. The summed E-state index contributed by atoms with van der Waals surface area (Å²) in [7, 11) is 0. The van der Waals surface area contributed by atoms with Crippen molar-refractivity contribution < 1.29 is 0 Å². The third-order valence-electron chi connectivity index (χ3n) is 3.81. The number of hydrogen-bond donors (Lipinski definition) is 1. The van der Waals surface area contributed by atoms with Gasteiger partial charge in [-0.2, -0.15) is 0 Å². The molecule has 0 spiro atoms. The van der Waals surface area contributed by atoms with Gasteiger partial charge in [-0.1, -0.05) is 37.6 Å². The maximum absolute atomic E-state index is 5.93. The van der Waals surface area contributed by atoms with Crippen molar-refractivity contribution in [3.05, 3.63) is 64.7 Å². The highest BCUT2D eigenvalue weighted by Gasteiger charge is 2.06. The van der Waals surface area contributed by atoms with Crippen LogP contribution in [0.15, 0.2) is 48.5 Å². The van der Waals surface area contributed by atoms with Crippen LogP contribution in [0.2, 0.25) is 5.02 Å². The fraction of sp³-hybridized carbons (Fsp3) is 0.211. The SMILES string of the molecule is Cc1cc2ccc(C(C)C)cc2nc1Nc1ccc(Cl)cc1. The van der Waals surface area contributed by atoms with E-state index in [2.05, 4.69) is 50.4 Å². The number of benzene rings is 2. The fourth-order valence-electron chi connectivity index (χ4n) is 2.45. The average molecular weight is 311 g/mol. The minimum Gasteiger partial charge on any atom is -0.340 e. The van der Waals surface area contributed by atoms with Crippen LogP contribution in [0, 0.1) is 6.92 Å². The van der Waals surface area contributed by atoms with Crippen LogP contribution in [0.25, 0.3) is 10.9 Å². The van der Waals surface area contributed by atoms with Crippen molar-refractivity contribution in [3.63, 3.8) is 0 Å². The van der Waals surface area contributed by atoms with Crippen LogP contribution in [-0.4, -0.2) is 4.98 Å². The molecule has 2 aromatic carbocycles. The Bertz CT molecular complexity index is 808. The van der Waals surface area contributed by atoms with Crippen LogP contribution in [0.1, 0.15) is 30.9 Å². The molecule has 0 saturated heterocycles. The summed E-state index contributed by atoms with van der Waals surface area (Å²) < 4.78 is 0. The van der Waals surface area contributed by atoms with E-state index in [0.717, 1.165) is 27.6 Å². The van der Waals surface area contributed by atoms with E-state index in [0.29, 0.717) is 5.92 Å². The first-order valence-electron chi connectivity index (χ1n) is 7.47. The smallest absolute Gasteiger partial charge is 0.134 e. The number of halogens is 1. The Morgan fingerprint density at radius 2 is 1.73 bits per heavy atom. The predicted molar refractivity (Wildman–Crippen MR) is 95.3 cm³/mol. The number of nitrogens with zero attached hydrogens (tertiary/aromatic N) is 1. The third kappa shape index (κ3) is 3.07. The molecule has 0 unspecified atom stereocenters. The number of nitrogens with one attached hydrogen (secondary N) is 1. The second kappa shape index (κ2) is 5.98. The Balaban J connectivity index is 2.01. The molecule has 3 rings (SSSR count). The lowest BCUT2D eigenvalue weighted by Gasteiger charge is -2.12. The quantitative estimate of drug-likeness (QED) is 0.635. The molecule has 112 valence electrons. The second-order valence-corrected chi connectivity index (χ2v) is 6.33. The highest BCUT2D eigenvalue weighted by atomic mass is 35.5. The first-order valence-corrected chi connectivity index (χ1v) is 7.84. The lowest BCUT2D eigenvalue weighted by molar-refractivity contribution is 0.868. The predicted octanol–water partition coefficient (Wildman–Crippen LogP) is 6.06. The van der Waals surface area contributed by atoms with Crippen molar-refractivity contribution >= 4 is 34.0 Å². The molecule has 1 N–H and O–H groups in total. The van der Waals surface area contributed by atoms with Crippen molar-refractivity contribution in [2.75, 3.05) is 5.32 Å². The zero-order valence-corrected chi connectivity index (χ0v) is 13.8. The van der Waals surface area contributed by atoms with Gasteiger partial charge in [-0.15, -0.1) is 0 Å². The van der Waals surface area contributed by atoms with Crippen molar-refractivity contribution in [1.82, 2.24) is 4.98 Å². The standard InChI is InChI=1S/C19H19ClN2/c1-12(2)14-4-5-15-10-13(3)19(22-18(15)11-14)21-17-8-6-16(20)7-9-17/h4-12H,1-3H3,(H,21,22). The molecule has 0 aliphatic heterocycles. The molecule has 3 aromatic rings. The molecule has 0 atom stereocenters. The summed E-state index contributed by atoms with van der Waals surface area (Å²) in [4.78, 5) is 4.79. The number of rotatable bonds is 3. The summed E-state index contributed by atoms with van der Waals surface area (Å²) in [5.41, 5.74) is 4.44. The van der Waals surface area contributed by atoms with Gasteiger partial charge in [-0.3, -0.25) is 0 Å². The highest BCUT2D eigenvalue weighted by Crippen LogP contribution is 2.26. The van der Waals surface area contributed by atoms with E-state index in [1.165, 1.54) is 10.9 Å². The molecule has 0 bridgehead atoms. The molecule has 0 saturated carbocycles. The zero-order valence-electron chi connectivity index (χ0n) is 13.0. The number of fused-ring (bicyclic) bond motifs is 1. The van der Waals surface area contributed by atoms with Crippen LogP contribution >= 0.6 is 11.6 Å². The minimum atomic E-state index is 0.500. The Morgan fingerprint density at radius 1 is 1.00 bits per heavy atom. The molecule has 0 radical (unpaired) electrons. The molecular formula is C19H19ClN2. The fourth-order valence-corrected chi connectivity index (χ4v) is 2.57. The summed E-state index contributed by atoms with van der Waals surface area (Å²) >= 11 is 5.93. The monoisotopic (exact) mass is 310 g/mol. The van der Waals surface area contributed by atoms with Gasteiger partial charge >= 0.3 is 0 Å². The Kier molecular flexibility index (Phi) is 4.04. The van der Waals surface area contributed by atoms with E-state index in [1.807, 2.05) is 24.3 Å². The van der Waals surface area contributed by atoms with Crippen molar-refractivity contribution in [1.29, 1.82) is 0 Å². The van der Waals surface area contributed by atoms with E-state index in [-0.39, 0.29) is 0 Å². The van der Waals surface area contributed by atoms with Crippen LogP contribution in [0.5, 0.6) is 0 Å². The van der Waals surface area contributed by atoms with Gasteiger partial charge in [0.25, 0.3) is 0 Å². The van der Waals surface area contributed by atoms with Crippen molar-refractivity contribution in [2.45, 2.75) is 26.7 Å². The molecule has 0 fully saturated rings. The molecule has 22 heavy (non-hydrogen) atoms. The first kappa shape index (κ1) is 14.9. The van der Waals surface area contributed by atoms with Gasteiger partial charge < -0.3 is 5.32 Å². The maximum Gasteiger partial charge on any atom is 0.134 e. The minimum absolute atomic E-state index is 0.500. The topological polar surface area (TPSA) is 24.9 Å². The first-order chi connectivity index (χ1) is 10.5. The van der Waals surface area contributed by atoms with Gasteiger partial charge in [0.2, 0.25) is 0 Å². The number of anilines is 2. The van der Waals surface area contributed by atoms with E-state index >= 15 is 0 Å². The number of aryl methyl sites for hydroxylation is 1. The summed E-state index contributed by atoms with van der Waals surface area (Å²) in [6.45, 7) is 6.46. The molecule has 3 heteroatoms. The van der Waals surface area contributed by atoms with Crippen molar-refractivity contribution in [3.8, 4) is 0 Å². The maximum atomic E-state index is 5.93. The summed E-state index contributed by atoms with van der Waals surface area (Å²) in [6.07, 6.45) is 0. The Morgan fingerprint density at radius 3 is 2.41 bits per heavy atom. The largest absolute Gasteiger partial charge is 0.340 e. The van der Waals surface area contributed by atoms with E-state index in [9.17, 15) is 0 Å². The number of hydrogen-bond acceptors (Lipinski definition) is 2. The van der Waals surface area contributed by atoms with E-state index in [4.69, 9.17) is 16.6 Å². The molecule has 1 aromatic heterocycles. The van der Waals surface area contributed by atoms with Crippen LogP contribution in [-0.2, 0) is 0 Å².